The Morgan fingerprint density at radius 1 is 1.40 bits per heavy atom. The molecule has 1 aromatic carbocycles. The van der Waals surface area contributed by atoms with Gasteiger partial charge >= 0.3 is 0 Å². The van der Waals surface area contributed by atoms with Gasteiger partial charge in [0.05, 0.1) is 17.5 Å². The Balaban J connectivity index is 2.62. The SMILES string of the molecule is CC(C)n1c(CN)nnc1-c1cc(F)cc([N+](=O)[O-])c1. The van der Waals surface area contributed by atoms with E-state index in [2.05, 4.69) is 10.2 Å². The van der Waals surface area contributed by atoms with Gasteiger partial charge in [-0.05, 0) is 19.9 Å². The molecule has 20 heavy (non-hydrogen) atoms. The Morgan fingerprint density at radius 2 is 2.10 bits per heavy atom. The molecular formula is C12H14FN5O2. The number of hydrogen-bond acceptors (Lipinski definition) is 5. The minimum atomic E-state index is -0.693. The Bertz CT molecular complexity index is 653. The lowest BCUT2D eigenvalue weighted by Gasteiger charge is -2.13. The number of nitrogens with zero attached hydrogens (tertiary/aromatic N) is 4. The highest BCUT2D eigenvalue weighted by Gasteiger charge is 2.18. The second kappa shape index (κ2) is 5.33. The molecule has 0 aliphatic carbocycles. The predicted octanol–water partition coefficient (Wildman–Crippen LogP) is 2.03. The van der Waals surface area contributed by atoms with Crippen molar-refractivity contribution >= 4 is 5.69 Å². The van der Waals surface area contributed by atoms with Gasteiger partial charge in [-0.25, -0.2) is 4.39 Å². The molecule has 106 valence electrons. The molecule has 0 aliphatic rings. The van der Waals surface area contributed by atoms with Gasteiger partial charge in [-0.1, -0.05) is 0 Å². The average molecular weight is 279 g/mol. The largest absolute Gasteiger partial charge is 0.324 e. The molecular weight excluding hydrogens is 265 g/mol. The predicted molar refractivity (Wildman–Crippen MR) is 70.3 cm³/mol. The van der Waals surface area contributed by atoms with Gasteiger partial charge < -0.3 is 10.3 Å². The van der Waals surface area contributed by atoms with Crippen molar-refractivity contribution in [2.75, 3.05) is 0 Å². The molecule has 0 bridgehead atoms. The summed E-state index contributed by atoms with van der Waals surface area (Å²) in [5.41, 5.74) is 5.56. The maximum atomic E-state index is 13.5. The van der Waals surface area contributed by atoms with E-state index >= 15 is 0 Å². The summed E-state index contributed by atoms with van der Waals surface area (Å²) in [5, 5.41) is 18.7. The van der Waals surface area contributed by atoms with Crippen LogP contribution in [0.25, 0.3) is 11.4 Å². The maximum Gasteiger partial charge on any atom is 0.273 e. The van der Waals surface area contributed by atoms with Crippen LogP contribution >= 0.6 is 0 Å². The van der Waals surface area contributed by atoms with Gasteiger partial charge in [0.25, 0.3) is 5.69 Å². The Morgan fingerprint density at radius 3 is 2.65 bits per heavy atom. The summed E-state index contributed by atoms with van der Waals surface area (Å²) in [4.78, 5) is 10.1. The van der Waals surface area contributed by atoms with Crippen LogP contribution in [-0.2, 0) is 6.54 Å². The number of benzene rings is 1. The highest BCUT2D eigenvalue weighted by atomic mass is 19.1. The van der Waals surface area contributed by atoms with Crippen LogP contribution in [0.1, 0.15) is 25.7 Å². The third-order valence-corrected chi connectivity index (χ3v) is 2.82. The molecule has 0 amide bonds. The van der Waals surface area contributed by atoms with E-state index in [-0.39, 0.29) is 18.3 Å². The molecule has 2 N–H and O–H groups in total. The zero-order valence-corrected chi connectivity index (χ0v) is 11.1. The van der Waals surface area contributed by atoms with Crippen molar-refractivity contribution in [3.8, 4) is 11.4 Å². The van der Waals surface area contributed by atoms with Crippen molar-refractivity contribution in [1.82, 2.24) is 14.8 Å². The van der Waals surface area contributed by atoms with Gasteiger partial charge in [0.2, 0.25) is 0 Å². The van der Waals surface area contributed by atoms with E-state index in [9.17, 15) is 14.5 Å². The number of non-ortho nitro benzene ring substituents is 1. The van der Waals surface area contributed by atoms with E-state index in [1.54, 1.807) is 4.57 Å². The number of rotatable bonds is 4. The smallest absolute Gasteiger partial charge is 0.273 e. The van der Waals surface area contributed by atoms with E-state index in [0.29, 0.717) is 17.2 Å². The first-order chi connectivity index (χ1) is 9.43. The number of nitro groups is 1. The highest BCUT2D eigenvalue weighted by molar-refractivity contribution is 5.60. The van der Waals surface area contributed by atoms with Gasteiger partial charge in [-0.2, -0.15) is 0 Å². The quantitative estimate of drug-likeness (QED) is 0.681. The van der Waals surface area contributed by atoms with Crippen LogP contribution in [0.15, 0.2) is 18.2 Å². The van der Waals surface area contributed by atoms with Gasteiger partial charge in [0.1, 0.15) is 11.6 Å². The first-order valence-corrected chi connectivity index (χ1v) is 6.03. The molecule has 0 saturated heterocycles. The lowest BCUT2D eigenvalue weighted by molar-refractivity contribution is -0.385. The number of nitro benzene ring substituents is 1. The molecule has 0 aliphatic heterocycles. The van der Waals surface area contributed by atoms with Crippen LogP contribution in [-0.4, -0.2) is 19.7 Å². The van der Waals surface area contributed by atoms with Crippen molar-refractivity contribution in [2.24, 2.45) is 5.73 Å². The van der Waals surface area contributed by atoms with Crippen molar-refractivity contribution < 1.29 is 9.31 Å². The highest BCUT2D eigenvalue weighted by Crippen LogP contribution is 2.27. The number of halogens is 1. The van der Waals surface area contributed by atoms with Gasteiger partial charge in [0.15, 0.2) is 5.82 Å². The van der Waals surface area contributed by atoms with Crippen LogP contribution in [0.3, 0.4) is 0 Å². The number of nitrogens with two attached hydrogens (primary N) is 1. The van der Waals surface area contributed by atoms with E-state index < -0.39 is 10.7 Å². The van der Waals surface area contributed by atoms with Gasteiger partial charge in [0, 0.05) is 17.7 Å². The fourth-order valence-corrected chi connectivity index (χ4v) is 2.01. The van der Waals surface area contributed by atoms with Gasteiger partial charge in [-0.3, -0.25) is 10.1 Å². The molecule has 2 aromatic rings. The van der Waals surface area contributed by atoms with Crippen molar-refractivity contribution in [3.05, 3.63) is 40.0 Å². The van der Waals surface area contributed by atoms with Crippen molar-refractivity contribution in [1.29, 1.82) is 0 Å². The topological polar surface area (TPSA) is 99.9 Å². The zero-order chi connectivity index (χ0) is 14.9. The summed E-state index contributed by atoms with van der Waals surface area (Å²) in [7, 11) is 0. The molecule has 0 unspecified atom stereocenters. The van der Waals surface area contributed by atoms with E-state index in [4.69, 9.17) is 5.73 Å². The normalized spacial score (nSPS) is 11.1. The molecule has 0 radical (unpaired) electrons. The summed E-state index contributed by atoms with van der Waals surface area (Å²) < 4.78 is 15.2. The average Bonchev–Trinajstić information content (AvgIpc) is 2.81. The Kier molecular flexibility index (Phi) is 3.75. The van der Waals surface area contributed by atoms with Crippen LogP contribution in [0.5, 0.6) is 0 Å². The molecule has 0 spiro atoms. The fraction of sp³-hybridized carbons (Fsp3) is 0.333. The zero-order valence-electron chi connectivity index (χ0n) is 11.1. The first-order valence-electron chi connectivity index (χ1n) is 6.03. The third-order valence-electron chi connectivity index (χ3n) is 2.82. The molecule has 0 fully saturated rings. The lowest BCUT2D eigenvalue weighted by Crippen LogP contribution is -2.11. The minimum absolute atomic E-state index is 0.000809. The molecule has 1 aromatic heterocycles. The summed E-state index contributed by atoms with van der Waals surface area (Å²) in [6, 6.07) is 3.33. The fourth-order valence-electron chi connectivity index (χ4n) is 2.01. The summed E-state index contributed by atoms with van der Waals surface area (Å²) in [6.07, 6.45) is 0. The van der Waals surface area contributed by atoms with Crippen LogP contribution in [0, 0.1) is 15.9 Å². The molecule has 0 saturated carbocycles. The van der Waals surface area contributed by atoms with Crippen molar-refractivity contribution in [2.45, 2.75) is 26.4 Å². The molecule has 2 rings (SSSR count). The minimum Gasteiger partial charge on any atom is -0.324 e. The number of aromatic nitrogens is 3. The second-order valence-corrected chi connectivity index (χ2v) is 4.56. The Labute approximate surface area is 114 Å². The van der Waals surface area contributed by atoms with Crippen molar-refractivity contribution in [3.63, 3.8) is 0 Å². The lowest BCUT2D eigenvalue weighted by atomic mass is 10.1. The molecule has 8 heteroatoms. The van der Waals surface area contributed by atoms with E-state index in [0.717, 1.165) is 6.07 Å². The van der Waals surface area contributed by atoms with Gasteiger partial charge in [-0.15, -0.1) is 10.2 Å². The Hall–Kier alpha value is -2.35. The third kappa shape index (κ3) is 2.50. The molecule has 1 heterocycles. The van der Waals surface area contributed by atoms with Crippen LogP contribution in [0.4, 0.5) is 10.1 Å². The second-order valence-electron chi connectivity index (χ2n) is 4.56. The molecule has 7 nitrogen and oxygen atoms in total. The monoisotopic (exact) mass is 279 g/mol. The van der Waals surface area contributed by atoms with E-state index in [1.807, 2.05) is 13.8 Å². The standard InChI is InChI=1S/C12H14FN5O2/c1-7(2)17-11(6-14)15-16-12(17)8-3-9(13)5-10(4-8)18(19)20/h3-5,7H,6,14H2,1-2H3. The van der Waals surface area contributed by atoms with E-state index in [1.165, 1.54) is 12.1 Å². The number of hydrogen-bond donors (Lipinski definition) is 1. The molecule has 0 atom stereocenters. The van der Waals surface area contributed by atoms with Crippen LogP contribution in [0.2, 0.25) is 0 Å². The van der Waals surface area contributed by atoms with Crippen LogP contribution < -0.4 is 5.73 Å². The first kappa shape index (κ1) is 14.1. The summed E-state index contributed by atoms with van der Waals surface area (Å²) in [5.74, 6) is 0.215. The maximum absolute atomic E-state index is 13.5. The summed E-state index contributed by atoms with van der Waals surface area (Å²) >= 11 is 0. The summed E-state index contributed by atoms with van der Waals surface area (Å²) in [6.45, 7) is 3.99.